The summed E-state index contributed by atoms with van der Waals surface area (Å²) in [6, 6.07) is 8.49. The van der Waals surface area contributed by atoms with Crippen molar-refractivity contribution < 1.29 is 18.0 Å². The molecule has 0 saturated heterocycles. The lowest BCUT2D eigenvalue weighted by atomic mass is 9.98. The van der Waals surface area contributed by atoms with Crippen molar-refractivity contribution in [1.82, 2.24) is 15.1 Å². The van der Waals surface area contributed by atoms with Crippen molar-refractivity contribution in [3.8, 4) is 11.8 Å². The lowest BCUT2D eigenvalue weighted by Gasteiger charge is -2.22. The van der Waals surface area contributed by atoms with E-state index in [9.17, 15) is 23.2 Å². The van der Waals surface area contributed by atoms with Crippen molar-refractivity contribution in [2.75, 3.05) is 11.9 Å². The number of rotatable bonds is 6. The van der Waals surface area contributed by atoms with Gasteiger partial charge in [0.05, 0.1) is 23.9 Å². The highest BCUT2D eigenvalue weighted by Crippen LogP contribution is 2.39. The highest BCUT2D eigenvalue weighted by molar-refractivity contribution is 5.81. The molecule has 1 heterocycles. The number of nitrogens with zero attached hydrogens (tertiary/aromatic N) is 3. The molecule has 3 rings (SSSR count). The Morgan fingerprint density at radius 1 is 1.37 bits per heavy atom. The summed E-state index contributed by atoms with van der Waals surface area (Å²) >= 11 is 0. The standard InChI is InChI=1S/C18H18F3N5O/c1-17(11-22,12-5-6-12)24-16(27)10-23-15-7-8-26(25-15)14-4-2-3-13(9-14)18(19,20)21/h2-4,7-9,12H,5-6,10H2,1H3,(H,23,25)(H,24,27). The fourth-order valence-electron chi connectivity index (χ4n) is 2.77. The molecule has 1 aromatic heterocycles. The number of alkyl halides is 3. The van der Waals surface area contributed by atoms with Crippen molar-refractivity contribution in [2.45, 2.75) is 31.5 Å². The van der Waals surface area contributed by atoms with Crippen LogP contribution < -0.4 is 10.6 Å². The van der Waals surface area contributed by atoms with Crippen LogP contribution in [0.4, 0.5) is 19.0 Å². The van der Waals surface area contributed by atoms with Crippen LogP contribution in [0.1, 0.15) is 25.3 Å². The van der Waals surface area contributed by atoms with Crippen LogP contribution in [-0.2, 0) is 11.0 Å². The van der Waals surface area contributed by atoms with E-state index in [1.54, 1.807) is 13.0 Å². The quantitative estimate of drug-likeness (QED) is 0.810. The van der Waals surface area contributed by atoms with E-state index in [0.29, 0.717) is 5.82 Å². The molecular weight excluding hydrogens is 359 g/mol. The maximum absolute atomic E-state index is 12.8. The Kier molecular flexibility index (Phi) is 4.83. The number of nitriles is 1. The van der Waals surface area contributed by atoms with E-state index < -0.39 is 17.3 Å². The maximum Gasteiger partial charge on any atom is 0.416 e. The van der Waals surface area contributed by atoms with Gasteiger partial charge in [0.15, 0.2) is 0 Å². The van der Waals surface area contributed by atoms with Crippen LogP contribution >= 0.6 is 0 Å². The summed E-state index contributed by atoms with van der Waals surface area (Å²) in [4.78, 5) is 12.1. The second-order valence-electron chi connectivity index (χ2n) is 6.68. The maximum atomic E-state index is 12.8. The molecule has 2 N–H and O–H groups in total. The van der Waals surface area contributed by atoms with Crippen LogP contribution in [0.3, 0.4) is 0 Å². The molecule has 0 aliphatic heterocycles. The Bertz CT molecular complexity index is 882. The molecule has 0 radical (unpaired) electrons. The van der Waals surface area contributed by atoms with Gasteiger partial charge in [-0.05, 0) is 43.9 Å². The second kappa shape index (κ2) is 6.95. The summed E-state index contributed by atoms with van der Waals surface area (Å²) in [7, 11) is 0. The molecule has 1 fully saturated rings. The van der Waals surface area contributed by atoms with Crippen LogP contribution in [0.2, 0.25) is 0 Å². The summed E-state index contributed by atoms with van der Waals surface area (Å²) in [5.41, 5.74) is -1.38. The normalized spacial score (nSPS) is 16.3. The highest BCUT2D eigenvalue weighted by Gasteiger charge is 2.42. The number of hydrogen-bond donors (Lipinski definition) is 2. The van der Waals surface area contributed by atoms with Gasteiger partial charge in [-0.1, -0.05) is 6.07 Å². The van der Waals surface area contributed by atoms with E-state index in [0.717, 1.165) is 25.0 Å². The van der Waals surface area contributed by atoms with E-state index in [-0.39, 0.29) is 24.1 Å². The zero-order valence-electron chi connectivity index (χ0n) is 14.5. The molecule has 1 atom stereocenters. The minimum atomic E-state index is -4.43. The molecule has 1 aliphatic carbocycles. The predicted molar refractivity (Wildman–Crippen MR) is 91.9 cm³/mol. The molecule has 1 aromatic carbocycles. The summed E-state index contributed by atoms with van der Waals surface area (Å²) in [6.45, 7) is 1.61. The summed E-state index contributed by atoms with van der Waals surface area (Å²) in [5.74, 6) is 0.166. The molecule has 6 nitrogen and oxygen atoms in total. The minimum absolute atomic E-state index is 0.0937. The molecule has 142 valence electrons. The van der Waals surface area contributed by atoms with E-state index >= 15 is 0 Å². The first-order valence-electron chi connectivity index (χ1n) is 8.41. The van der Waals surface area contributed by atoms with Gasteiger partial charge in [-0.2, -0.15) is 23.5 Å². The van der Waals surface area contributed by atoms with Crippen molar-refractivity contribution in [3.63, 3.8) is 0 Å². The van der Waals surface area contributed by atoms with E-state index in [4.69, 9.17) is 0 Å². The van der Waals surface area contributed by atoms with Gasteiger partial charge in [0.2, 0.25) is 5.91 Å². The first-order valence-corrected chi connectivity index (χ1v) is 8.41. The van der Waals surface area contributed by atoms with E-state index in [1.807, 2.05) is 0 Å². The van der Waals surface area contributed by atoms with Gasteiger partial charge in [0, 0.05) is 12.3 Å². The zero-order chi connectivity index (χ0) is 19.7. The number of benzene rings is 1. The summed E-state index contributed by atoms with van der Waals surface area (Å²) in [5, 5.41) is 18.9. The molecule has 2 aromatic rings. The monoisotopic (exact) mass is 377 g/mol. The molecule has 1 amide bonds. The summed E-state index contributed by atoms with van der Waals surface area (Å²) in [6.07, 6.45) is -1.10. The zero-order valence-corrected chi connectivity index (χ0v) is 14.5. The third-order valence-electron chi connectivity index (χ3n) is 4.48. The van der Waals surface area contributed by atoms with Gasteiger partial charge in [0.25, 0.3) is 0 Å². The van der Waals surface area contributed by atoms with Crippen molar-refractivity contribution >= 4 is 11.7 Å². The first-order chi connectivity index (χ1) is 12.7. The van der Waals surface area contributed by atoms with Gasteiger partial charge in [-0.3, -0.25) is 4.79 Å². The Balaban J connectivity index is 1.62. The molecular formula is C18H18F3N5O. The molecule has 1 saturated carbocycles. The average molecular weight is 377 g/mol. The third-order valence-corrected chi connectivity index (χ3v) is 4.48. The van der Waals surface area contributed by atoms with Crippen LogP contribution in [-0.4, -0.2) is 27.8 Å². The second-order valence-corrected chi connectivity index (χ2v) is 6.68. The Labute approximate surface area is 154 Å². The van der Waals surface area contributed by atoms with Gasteiger partial charge < -0.3 is 10.6 Å². The van der Waals surface area contributed by atoms with Crippen LogP contribution in [0.25, 0.3) is 5.69 Å². The fraction of sp³-hybridized carbons (Fsp3) is 0.389. The predicted octanol–water partition coefficient (Wildman–Crippen LogP) is 3.11. The number of aromatic nitrogens is 2. The molecule has 1 aliphatic rings. The summed E-state index contributed by atoms with van der Waals surface area (Å²) < 4.78 is 39.7. The average Bonchev–Trinajstić information content (AvgIpc) is 3.38. The number of anilines is 1. The highest BCUT2D eigenvalue weighted by atomic mass is 19.4. The Hall–Kier alpha value is -3.02. The van der Waals surface area contributed by atoms with Gasteiger partial charge in [-0.25, -0.2) is 4.68 Å². The largest absolute Gasteiger partial charge is 0.416 e. The SMILES string of the molecule is CC(C#N)(NC(=O)CNc1ccn(-c2cccc(C(F)(F)F)c2)n1)C1CC1. The number of hydrogen-bond acceptors (Lipinski definition) is 4. The lowest BCUT2D eigenvalue weighted by molar-refractivity contribution is -0.137. The topological polar surface area (TPSA) is 82.7 Å². The molecule has 0 bridgehead atoms. The van der Waals surface area contributed by atoms with Gasteiger partial charge in [-0.15, -0.1) is 0 Å². The lowest BCUT2D eigenvalue weighted by Crippen LogP contribution is -2.48. The molecule has 0 spiro atoms. The van der Waals surface area contributed by atoms with Crippen molar-refractivity contribution in [2.24, 2.45) is 5.92 Å². The molecule has 9 heteroatoms. The van der Waals surface area contributed by atoms with Crippen LogP contribution in [0, 0.1) is 17.2 Å². The van der Waals surface area contributed by atoms with Gasteiger partial charge in [0.1, 0.15) is 11.4 Å². The number of nitrogens with one attached hydrogen (secondary N) is 2. The number of halogens is 3. The van der Waals surface area contributed by atoms with E-state index in [1.165, 1.54) is 23.0 Å². The van der Waals surface area contributed by atoms with Crippen molar-refractivity contribution in [3.05, 3.63) is 42.1 Å². The molecule has 27 heavy (non-hydrogen) atoms. The minimum Gasteiger partial charge on any atom is -0.360 e. The van der Waals surface area contributed by atoms with Crippen LogP contribution in [0.5, 0.6) is 0 Å². The smallest absolute Gasteiger partial charge is 0.360 e. The Morgan fingerprint density at radius 3 is 2.74 bits per heavy atom. The number of amides is 1. The van der Waals surface area contributed by atoms with Gasteiger partial charge >= 0.3 is 6.18 Å². The Morgan fingerprint density at radius 2 is 2.11 bits per heavy atom. The van der Waals surface area contributed by atoms with E-state index in [2.05, 4.69) is 21.8 Å². The van der Waals surface area contributed by atoms with Crippen LogP contribution in [0.15, 0.2) is 36.5 Å². The third kappa shape index (κ3) is 4.39. The number of carbonyl (C=O) groups excluding carboxylic acids is 1. The molecule has 1 unspecified atom stereocenters. The number of carbonyl (C=O) groups is 1. The van der Waals surface area contributed by atoms with Crippen molar-refractivity contribution in [1.29, 1.82) is 5.26 Å². The fourth-order valence-corrected chi connectivity index (χ4v) is 2.77. The first kappa shape index (κ1) is 18.8.